The highest BCUT2D eigenvalue weighted by atomic mass is 14.9. The standard InChI is InChI=1S/C16H25N/c1-10-6-7-11-13(10)14-12(15(14,2)3)8-9-16(11,4)17-5/h10-14H,6-9H2,1-4H3/t10-,11+,12-,13-,14-,16-/m1/s1. The topological polar surface area (TPSA) is 4.36 Å². The molecule has 6 atom stereocenters. The van der Waals surface area contributed by atoms with E-state index in [0.29, 0.717) is 11.3 Å². The molecule has 0 aromatic carbocycles. The molecule has 1 nitrogen and oxygen atoms in total. The van der Waals surface area contributed by atoms with Gasteiger partial charge in [-0.2, -0.15) is 0 Å². The van der Waals surface area contributed by atoms with Gasteiger partial charge in [0.25, 0.3) is 0 Å². The van der Waals surface area contributed by atoms with Crippen LogP contribution in [0.15, 0.2) is 0 Å². The molecule has 0 aliphatic heterocycles. The summed E-state index contributed by atoms with van der Waals surface area (Å²) in [5.41, 5.74) is 0.532. The van der Waals surface area contributed by atoms with E-state index in [1.165, 1.54) is 19.3 Å². The van der Waals surface area contributed by atoms with Crippen LogP contribution in [0.4, 0.5) is 0 Å². The van der Waals surface area contributed by atoms with Crippen LogP contribution in [-0.4, -0.2) is 5.54 Å². The molecule has 1 heteroatoms. The number of nitrogens with zero attached hydrogens (tertiary/aromatic N) is 1. The Balaban J connectivity index is 1.97. The van der Waals surface area contributed by atoms with Crippen molar-refractivity contribution < 1.29 is 0 Å². The Morgan fingerprint density at radius 3 is 2.41 bits per heavy atom. The van der Waals surface area contributed by atoms with Crippen LogP contribution < -0.4 is 0 Å². The molecule has 0 spiro atoms. The molecule has 3 saturated carbocycles. The average molecular weight is 231 g/mol. The minimum absolute atomic E-state index is 0.0427. The summed E-state index contributed by atoms with van der Waals surface area (Å²) in [5, 5.41) is 0. The molecular weight excluding hydrogens is 206 g/mol. The Hall–Kier alpha value is -0.510. The van der Waals surface area contributed by atoms with Crippen LogP contribution in [0.5, 0.6) is 0 Å². The van der Waals surface area contributed by atoms with Gasteiger partial charge in [0.05, 0.1) is 0 Å². The van der Waals surface area contributed by atoms with Gasteiger partial charge in [-0.3, -0.25) is 0 Å². The molecule has 3 aliphatic rings. The van der Waals surface area contributed by atoms with Crippen LogP contribution in [0, 0.1) is 41.6 Å². The maximum atomic E-state index is 7.61. The van der Waals surface area contributed by atoms with Gasteiger partial charge in [0.2, 0.25) is 5.54 Å². The van der Waals surface area contributed by atoms with E-state index in [9.17, 15) is 0 Å². The normalized spacial score (nSPS) is 55.4. The van der Waals surface area contributed by atoms with Crippen LogP contribution in [0.1, 0.15) is 53.4 Å². The van der Waals surface area contributed by atoms with Crippen molar-refractivity contribution in [1.82, 2.24) is 0 Å². The first-order valence-corrected chi connectivity index (χ1v) is 7.30. The summed E-state index contributed by atoms with van der Waals surface area (Å²) in [6.45, 7) is 17.2. The second-order valence-electron chi connectivity index (χ2n) is 7.70. The van der Waals surface area contributed by atoms with E-state index in [1.54, 1.807) is 0 Å². The summed E-state index contributed by atoms with van der Waals surface area (Å²) in [6, 6.07) is 0. The number of hydrogen-bond donors (Lipinski definition) is 0. The molecule has 0 bridgehead atoms. The minimum Gasteiger partial charge on any atom is -0.310 e. The van der Waals surface area contributed by atoms with Gasteiger partial charge in [0, 0.05) is 19.3 Å². The van der Waals surface area contributed by atoms with E-state index < -0.39 is 0 Å². The second kappa shape index (κ2) is 3.28. The zero-order valence-electron chi connectivity index (χ0n) is 11.7. The number of rotatable bonds is 0. The first kappa shape index (κ1) is 11.6. The molecule has 3 rings (SSSR count). The molecule has 3 fully saturated rings. The quantitative estimate of drug-likeness (QED) is 0.544. The monoisotopic (exact) mass is 231 g/mol. The van der Waals surface area contributed by atoms with Crippen LogP contribution in [0.2, 0.25) is 0 Å². The fraction of sp³-hybridized carbons (Fsp3) is 0.938. The molecule has 0 heterocycles. The minimum atomic E-state index is -0.0427. The van der Waals surface area contributed by atoms with Crippen LogP contribution >= 0.6 is 0 Å². The maximum absolute atomic E-state index is 7.61. The van der Waals surface area contributed by atoms with Gasteiger partial charge in [-0.1, -0.05) is 20.8 Å². The number of fused-ring (bicyclic) bond motifs is 3. The van der Waals surface area contributed by atoms with Gasteiger partial charge in [0.1, 0.15) is 0 Å². The molecule has 3 aliphatic carbocycles. The summed E-state index contributed by atoms with van der Waals surface area (Å²) < 4.78 is 0. The van der Waals surface area contributed by atoms with E-state index in [-0.39, 0.29) is 5.54 Å². The zero-order chi connectivity index (χ0) is 12.4. The van der Waals surface area contributed by atoms with Crippen LogP contribution in [0.25, 0.3) is 4.85 Å². The highest BCUT2D eigenvalue weighted by Gasteiger charge is 2.68. The molecule has 0 amide bonds. The van der Waals surface area contributed by atoms with Crippen molar-refractivity contribution in [2.45, 2.75) is 58.9 Å². The molecule has 0 saturated heterocycles. The zero-order valence-corrected chi connectivity index (χ0v) is 11.7. The van der Waals surface area contributed by atoms with E-state index in [2.05, 4.69) is 32.5 Å². The van der Waals surface area contributed by atoms with Gasteiger partial charge >= 0.3 is 0 Å². The molecule has 94 valence electrons. The van der Waals surface area contributed by atoms with E-state index in [1.807, 2.05) is 0 Å². The van der Waals surface area contributed by atoms with E-state index in [4.69, 9.17) is 6.57 Å². The highest BCUT2D eigenvalue weighted by molar-refractivity contribution is 5.18. The Kier molecular flexibility index (Phi) is 2.23. The van der Waals surface area contributed by atoms with Gasteiger partial charge < -0.3 is 4.85 Å². The first-order valence-electron chi connectivity index (χ1n) is 7.30. The predicted molar refractivity (Wildman–Crippen MR) is 70.4 cm³/mol. The van der Waals surface area contributed by atoms with E-state index >= 15 is 0 Å². The van der Waals surface area contributed by atoms with Crippen molar-refractivity contribution >= 4 is 0 Å². The van der Waals surface area contributed by atoms with Crippen molar-refractivity contribution in [2.75, 3.05) is 0 Å². The molecule has 0 radical (unpaired) electrons. The molecule has 17 heavy (non-hydrogen) atoms. The SMILES string of the molecule is [C-]#[N+][C@]1(C)CC[C@@H]2[C@H]([C@@H]3[C@H](C)CC[C@@H]31)C2(C)C. The molecule has 0 N–H and O–H groups in total. The Morgan fingerprint density at radius 2 is 1.76 bits per heavy atom. The third kappa shape index (κ3) is 1.36. The molecule has 0 aromatic rings. The lowest BCUT2D eigenvalue weighted by atomic mass is 9.73. The van der Waals surface area contributed by atoms with Gasteiger partial charge in [-0.05, 0) is 48.3 Å². The highest BCUT2D eigenvalue weighted by Crippen LogP contribution is 2.71. The summed E-state index contributed by atoms with van der Waals surface area (Å²) in [5.74, 6) is 4.23. The molecule has 0 unspecified atom stereocenters. The third-order valence-electron chi connectivity index (χ3n) is 6.62. The maximum Gasteiger partial charge on any atom is 0.232 e. The van der Waals surface area contributed by atoms with Crippen LogP contribution in [0.3, 0.4) is 0 Å². The van der Waals surface area contributed by atoms with Gasteiger partial charge in [-0.15, -0.1) is 0 Å². The second-order valence-corrected chi connectivity index (χ2v) is 7.70. The fourth-order valence-electron chi connectivity index (χ4n) is 5.43. The number of hydrogen-bond acceptors (Lipinski definition) is 0. The Labute approximate surface area is 106 Å². The molecular formula is C16H25N. The lowest BCUT2D eigenvalue weighted by Gasteiger charge is -2.30. The van der Waals surface area contributed by atoms with E-state index in [0.717, 1.165) is 30.1 Å². The van der Waals surface area contributed by atoms with Crippen molar-refractivity contribution in [3.63, 3.8) is 0 Å². The largest absolute Gasteiger partial charge is 0.310 e. The average Bonchev–Trinajstić information content (AvgIpc) is 2.65. The lowest BCUT2D eigenvalue weighted by Crippen LogP contribution is -2.35. The third-order valence-corrected chi connectivity index (χ3v) is 6.62. The van der Waals surface area contributed by atoms with Gasteiger partial charge in [-0.25, -0.2) is 6.57 Å². The fourth-order valence-corrected chi connectivity index (χ4v) is 5.43. The summed E-state index contributed by atoms with van der Waals surface area (Å²) in [6.07, 6.45) is 5.12. The van der Waals surface area contributed by atoms with Gasteiger partial charge in [0.15, 0.2) is 0 Å². The van der Waals surface area contributed by atoms with Crippen molar-refractivity contribution in [2.24, 2.45) is 35.0 Å². The van der Waals surface area contributed by atoms with Crippen molar-refractivity contribution in [3.8, 4) is 0 Å². The first-order chi connectivity index (χ1) is 7.92. The predicted octanol–water partition coefficient (Wildman–Crippen LogP) is 4.39. The summed E-state index contributed by atoms with van der Waals surface area (Å²) >= 11 is 0. The summed E-state index contributed by atoms with van der Waals surface area (Å²) in [7, 11) is 0. The Morgan fingerprint density at radius 1 is 1.06 bits per heavy atom. The van der Waals surface area contributed by atoms with Crippen molar-refractivity contribution in [1.29, 1.82) is 0 Å². The Bertz CT molecular complexity index is 377. The molecule has 0 aromatic heterocycles. The smallest absolute Gasteiger partial charge is 0.232 e. The summed E-state index contributed by atoms with van der Waals surface area (Å²) in [4.78, 5) is 4.07. The lowest BCUT2D eigenvalue weighted by molar-refractivity contribution is 0.198. The van der Waals surface area contributed by atoms with Crippen LogP contribution in [-0.2, 0) is 0 Å². The van der Waals surface area contributed by atoms with Crippen molar-refractivity contribution in [3.05, 3.63) is 11.4 Å².